The smallest absolute Gasteiger partial charge is 0.335 e. The largest absolute Gasteiger partial charge is 0.416 e. The van der Waals surface area contributed by atoms with Crippen LogP contribution in [-0.4, -0.2) is 52.8 Å². The van der Waals surface area contributed by atoms with Gasteiger partial charge in [0.25, 0.3) is 11.8 Å². The van der Waals surface area contributed by atoms with Crippen molar-refractivity contribution in [3.8, 4) is 0 Å². The second-order valence-electron chi connectivity index (χ2n) is 8.55. The van der Waals surface area contributed by atoms with Crippen LogP contribution in [0.5, 0.6) is 0 Å². The zero-order valence-corrected chi connectivity index (χ0v) is 17.8. The highest BCUT2D eigenvalue weighted by Gasteiger charge is 2.32. The molecule has 2 aliphatic rings. The molecular formula is C25H22F3N3O2. The van der Waals surface area contributed by atoms with Crippen molar-refractivity contribution in [2.45, 2.75) is 24.9 Å². The quantitative estimate of drug-likeness (QED) is 0.576. The summed E-state index contributed by atoms with van der Waals surface area (Å²) in [6, 6.07) is 13.7. The van der Waals surface area contributed by atoms with E-state index in [2.05, 4.69) is 0 Å². The lowest BCUT2D eigenvalue weighted by molar-refractivity contribution is -0.137. The monoisotopic (exact) mass is 453 g/mol. The van der Waals surface area contributed by atoms with Crippen molar-refractivity contribution in [2.24, 2.45) is 0 Å². The van der Waals surface area contributed by atoms with Crippen molar-refractivity contribution in [3.63, 3.8) is 0 Å². The molecule has 33 heavy (non-hydrogen) atoms. The van der Waals surface area contributed by atoms with Gasteiger partial charge in [0, 0.05) is 48.7 Å². The van der Waals surface area contributed by atoms with E-state index in [1.54, 1.807) is 9.80 Å². The second kappa shape index (κ2) is 8.17. The van der Waals surface area contributed by atoms with Crippen LogP contribution < -0.4 is 0 Å². The van der Waals surface area contributed by atoms with Gasteiger partial charge >= 0.3 is 6.18 Å². The van der Waals surface area contributed by atoms with Gasteiger partial charge in [0.05, 0.1) is 16.6 Å². The fourth-order valence-electron chi connectivity index (χ4n) is 4.23. The Hall–Kier alpha value is -3.42. The van der Waals surface area contributed by atoms with Gasteiger partial charge in [-0.3, -0.25) is 14.6 Å². The number of hydrogen-bond donors (Lipinski definition) is 0. The highest BCUT2D eigenvalue weighted by atomic mass is 19.4. The molecule has 8 heteroatoms. The number of alkyl halides is 3. The Balaban J connectivity index is 1.29. The molecule has 170 valence electrons. The van der Waals surface area contributed by atoms with Crippen LogP contribution in [0.1, 0.15) is 50.7 Å². The van der Waals surface area contributed by atoms with Gasteiger partial charge < -0.3 is 9.80 Å². The number of rotatable bonds is 3. The molecule has 2 heterocycles. The molecule has 1 saturated heterocycles. The molecular weight excluding hydrogens is 431 g/mol. The molecule has 0 spiro atoms. The minimum Gasteiger partial charge on any atom is -0.335 e. The number of hydrogen-bond acceptors (Lipinski definition) is 3. The number of carbonyl (C=O) groups excluding carboxylic acids is 2. The Morgan fingerprint density at radius 3 is 2.06 bits per heavy atom. The highest BCUT2D eigenvalue weighted by Crippen LogP contribution is 2.40. The topological polar surface area (TPSA) is 53.5 Å². The highest BCUT2D eigenvalue weighted by molar-refractivity contribution is 6.06. The maximum atomic E-state index is 13.4. The molecule has 0 radical (unpaired) electrons. The summed E-state index contributed by atoms with van der Waals surface area (Å²) in [5.74, 6) is -0.00214. The van der Waals surface area contributed by atoms with Crippen LogP contribution >= 0.6 is 0 Å². The summed E-state index contributed by atoms with van der Waals surface area (Å²) in [6.45, 7) is 1.37. The van der Waals surface area contributed by atoms with Gasteiger partial charge in [-0.05, 0) is 49.2 Å². The zero-order chi connectivity index (χ0) is 23.2. The summed E-state index contributed by atoms with van der Waals surface area (Å²) in [4.78, 5) is 34.1. The number of carbonyl (C=O) groups is 2. The Labute approximate surface area is 188 Å². The number of halogens is 3. The lowest BCUT2D eigenvalue weighted by Gasteiger charge is -2.35. The van der Waals surface area contributed by atoms with E-state index in [-0.39, 0.29) is 17.4 Å². The number of benzene rings is 2. The molecule has 0 atom stereocenters. The average molecular weight is 453 g/mol. The van der Waals surface area contributed by atoms with Gasteiger partial charge in [-0.2, -0.15) is 13.2 Å². The van der Waals surface area contributed by atoms with Crippen LogP contribution in [0.2, 0.25) is 0 Å². The molecule has 1 saturated carbocycles. The summed E-state index contributed by atoms with van der Waals surface area (Å²) < 4.78 is 38.3. The van der Waals surface area contributed by atoms with Crippen molar-refractivity contribution < 1.29 is 22.8 Å². The molecule has 3 aromatic rings. The molecule has 1 aromatic heterocycles. The van der Waals surface area contributed by atoms with Gasteiger partial charge in [0.1, 0.15) is 0 Å². The van der Waals surface area contributed by atoms with Gasteiger partial charge in [-0.25, -0.2) is 0 Å². The molecule has 0 unspecified atom stereocenters. The normalized spacial score (nSPS) is 16.8. The number of pyridine rings is 1. The Morgan fingerprint density at radius 2 is 1.45 bits per heavy atom. The molecule has 5 rings (SSSR count). The summed E-state index contributed by atoms with van der Waals surface area (Å²) in [5.41, 5.74) is 1.81. The molecule has 1 aliphatic heterocycles. The third kappa shape index (κ3) is 4.29. The first-order valence-corrected chi connectivity index (χ1v) is 11.0. The molecule has 1 aliphatic carbocycles. The van der Waals surface area contributed by atoms with E-state index in [1.807, 2.05) is 30.3 Å². The van der Waals surface area contributed by atoms with E-state index in [0.29, 0.717) is 37.7 Å². The van der Waals surface area contributed by atoms with Crippen LogP contribution in [0, 0.1) is 0 Å². The molecule has 2 fully saturated rings. The fourth-order valence-corrected chi connectivity index (χ4v) is 4.23. The minimum atomic E-state index is -4.44. The third-order valence-corrected chi connectivity index (χ3v) is 6.28. The lowest BCUT2D eigenvalue weighted by atomic mass is 10.0. The number of nitrogens with zero attached hydrogens (tertiary/aromatic N) is 3. The van der Waals surface area contributed by atoms with Crippen LogP contribution in [0.15, 0.2) is 54.6 Å². The van der Waals surface area contributed by atoms with Crippen molar-refractivity contribution in [1.29, 1.82) is 0 Å². The van der Waals surface area contributed by atoms with Gasteiger partial charge in [-0.1, -0.05) is 18.2 Å². The third-order valence-electron chi connectivity index (χ3n) is 6.28. The van der Waals surface area contributed by atoms with Gasteiger partial charge in [0.2, 0.25) is 0 Å². The average Bonchev–Trinajstić information content (AvgIpc) is 3.68. The van der Waals surface area contributed by atoms with Gasteiger partial charge in [-0.15, -0.1) is 0 Å². The number of fused-ring (bicyclic) bond motifs is 1. The van der Waals surface area contributed by atoms with E-state index >= 15 is 0 Å². The lowest BCUT2D eigenvalue weighted by Crippen LogP contribution is -2.50. The van der Waals surface area contributed by atoms with E-state index < -0.39 is 11.7 Å². The predicted octanol–water partition coefficient (Wildman–Crippen LogP) is 4.73. The molecule has 2 amide bonds. The second-order valence-corrected chi connectivity index (χ2v) is 8.55. The maximum Gasteiger partial charge on any atom is 0.416 e. The number of amides is 2. The Kier molecular flexibility index (Phi) is 5.31. The summed E-state index contributed by atoms with van der Waals surface area (Å²) in [5, 5.41) is 0.815. The number of aromatic nitrogens is 1. The van der Waals surface area contributed by atoms with Crippen LogP contribution in [0.4, 0.5) is 13.2 Å². The van der Waals surface area contributed by atoms with Crippen LogP contribution in [-0.2, 0) is 6.18 Å². The SMILES string of the molecule is O=C(c1ccc(C(F)(F)F)cc1)N1CCN(C(=O)c2cc(C3CC3)nc3ccccc23)CC1. The first kappa shape index (κ1) is 21.4. The van der Waals surface area contributed by atoms with Crippen molar-refractivity contribution in [2.75, 3.05) is 26.2 Å². The first-order valence-electron chi connectivity index (χ1n) is 11.0. The summed E-state index contributed by atoms with van der Waals surface area (Å²) in [7, 11) is 0. The Bertz CT molecular complexity index is 1210. The summed E-state index contributed by atoms with van der Waals surface area (Å²) in [6.07, 6.45) is -2.27. The number of piperazine rings is 1. The minimum absolute atomic E-state index is 0.0860. The van der Waals surface area contributed by atoms with E-state index in [0.717, 1.165) is 41.6 Å². The molecule has 0 bridgehead atoms. The van der Waals surface area contributed by atoms with E-state index in [4.69, 9.17) is 4.98 Å². The summed E-state index contributed by atoms with van der Waals surface area (Å²) >= 11 is 0. The van der Waals surface area contributed by atoms with Gasteiger partial charge in [0.15, 0.2) is 0 Å². The van der Waals surface area contributed by atoms with Crippen molar-refractivity contribution >= 4 is 22.7 Å². The predicted molar refractivity (Wildman–Crippen MR) is 117 cm³/mol. The fraction of sp³-hybridized carbons (Fsp3) is 0.320. The number of para-hydroxylation sites is 1. The van der Waals surface area contributed by atoms with E-state index in [1.165, 1.54) is 12.1 Å². The van der Waals surface area contributed by atoms with Crippen molar-refractivity contribution in [1.82, 2.24) is 14.8 Å². The molecule has 2 aromatic carbocycles. The van der Waals surface area contributed by atoms with Crippen LogP contribution in [0.3, 0.4) is 0 Å². The standard InChI is InChI=1S/C25H22F3N3O2/c26-25(27,28)18-9-7-17(8-10-18)23(32)30-11-13-31(14-12-30)24(33)20-15-22(16-5-6-16)29-21-4-2-1-3-19(20)21/h1-4,7-10,15-16H,5-6,11-14H2. The molecule has 0 N–H and O–H groups in total. The molecule has 5 nitrogen and oxygen atoms in total. The van der Waals surface area contributed by atoms with E-state index in [9.17, 15) is 22.8 Å². The Morgan fingerprint density at radius 1 is 0.848 bits per heavy atom. The van der Waals surface area contributed by atoms with Crippen molar-refractivity contribution in [3.05, 3.63) is 77.0 Å². The van der Waals surface area contributed by atoms with Crippen LogP contribution in [0.25, 0.3) is 10.9 Å². The first-order chi connectivity index (χ1) is 15.8. The maximum absolute atomic E-state index is 13.4. The zero-order valence-electron chi connectivity index (χ0n) is 17.8.